The highest BCUT2D eigenvalue weighted by molar-refractivity contribution is 5.49. The summed E-state index contributed by atoms with van der Waals surface area (Å²) in [4.78, 5) is 10.0. The zero-order valence-corrected chi connectivity index (χ0v) is 16.2. The fraction of sp³-hybridized carbons (Fsp3) is 0.737. The highest BCUT2D eigenvalue weighted by Crippen LogP contribution is 2.33. The third-order valence-corrected chi connectivity index (χ3v) is 5.82. The number of hydrogen-bond acceptors (Lipinski definition) is 5. The van der Waals surface area contributed by atoms with E-state index in [-0.39, 0.29) is 17.9 Å². The Morgan fingerprint density at radius 1 is 1.18 bits per heavy atom. The number of nitrogens with zero attached hydrogens (tertiary/aromatic N) is 5. The Morgan fingerprint density at radius 3 is 2.57 bits per heavy atom. The molecule has 154 valence electrons. The lowest BCUT2D eigenvalue weighted by atomic mass is 9.86. The normalized spacial score (nSPS) is 26.1. The summed E-state index contributed by atoms with van der Waals surface area (Å²) < 4.78 is 46.6. The van der Waals surface area contributed by atoms with Crippen molar-refractivity contribution in [2.24, 2.45) is 5.92 Å². The number of aromatic nitrogens is 4. The summed E-state index contributed by atoms with van der Waals surface area (Å²) in [5.41, 5.74) is 0.630. The van der Waals surface area contributed by atoms with Gasteiger partial charge in [-0.1, -0.05) is 6.92 Å². The van der Waals surface area contributed by atoms with Gasteiger partial charge < -0.3 is 9.64 Å². The Labute approximate surface area is 162 Å². The van der Waals surface area contributed by atoms with Gasteiger partial charge in [-0.15, -0.1) is 5.10 Å². The van der Waals surface area contributed by atoms with Gasteiger partial charge in [-0.25, -0.2) is 4.98 Å². The van der Waals surface area contributed by atoms with Crippen LogP contribution in [0.4, 0.5) is 19.0 Å². The molecule has 9 heteroatoms. The van der Waals surface area contributed by atoms with Crippen molar-refractivity contribution in [1.82, 2.24) is 19.6 Å². The molecule has 4 rings (SSSR count). The van der Waals surface area contributed by atoms with Crippen molar-refractivity contribution >= 4 is 11.6 Å². The van der Waals surface area contributed by atoms with Crippen LogP contribution in [-0.2, 0) is 10.9 Å². The van der Waals surface area contributed by atoms with E-state index in [1.807, 2.05) is 6.07 Å². The number of anilines is 1. The van der Waals surface area contributed by atoms with Gasteiger partial charge in [-0.05, 0) is 51.4 Å². The maximum Gasteiger partial charge on any atom is 0.453 e. The number of alkyl halides is 3. The van der Waals surface area contributed by atoms with Crippen molar-refractivity contribution in [3.8, 4) is 0 Å². The summed E-state index contributed by atoms with van der Waals surface area (Å²) in [6.45, 7) is 5.42. The Morgan fingerprint density at radius 2 is 1.93 bits per heavy atom. The van der Waals surface area contributed by atoms with E-state index in [0.717, 1.165) is 45.1 Å². The Balaban J connectivity index is 1.75. The van der Waals surface area contributed by atoms with Crippen LogP contribution in [0.1, 0.15) is 57.0 Å². The van der Waals surface area contributed by atoms with Crippen molar-refractivity contribution < 1.29 is 17.9 Å². The summed E-state index contributed by atoms with van der Waals surface area (Å²) in [6.07, 6.45) is 1.74. The highest BCUT2D eigenvalue weighted by atomic mass is 19.4. The van der Waals surface area contributed by atoms with Crippen molar-refractivity contribution in [2.75, 3.05) is 18.1 Å². The molecule has 0 radical (unpaired) electrons. The summed E-state index contributed by atoms with van der Waals surface area (Å²) in [6, 6.07) is 2.07. The van der Waals surface area contributed by atoms with E-state index in [1.54, 1.807) is 6.92 Å². The molecule has 1 aliphatic carbocycles. The smallest absolute Gasteiger partial charge is 0.376 e. The lowest BCUT2D eigenvalue weighted by Crippen LogP contribution is -2.43. The molecular weight excluding hydrogens is 371 g/mol. The number of halogens is 3. The van der Waals surface area contributed by atoms with Crippen LogP contribution in [0, 0.1) is 12.8 Å². The second-order valence-corrected chi connectivity index (χ2v) is 8.10. The molecule has 0 bridgehead atoms. The van der Waals surface area contributed by atoms with Crippen LogP contribution in [0.2, 0.25) is 0 Å². The molecule has 6 nitrogen and oxygen atoms in total. The number of aryl methyl sites for hydroxylation is 1. The third kappa shape index (κ3) is 3.94. The minimum absolute atomic E-state index is 0.0103. The molecule has 28 heavy (non-hydrogen) atoms. The van der Waals surface area contributed by atoms with Crippen LogP contribution in [0.15, 0.2) is 6.07 Å². The lowest BCUT2D eigenvalue weighted by molar-refractivity contribution is -0.144. The lowest BCUT2D eigenvalue weighted by Gasteiger charge is -2.38. The molecule has 2 fully saturated rings. The van der Waals surface area contributed by atoms with Crippen molar-refractivity contribution in [3.05, 3.63) is 17.6 Å². The molecule has 0 spiro atoms. The number of hydrogen-bond donors (Lipinski definition) is 0. The van der Waals surface area contributed by atoms with E-state index < -0.39 is 12.0 Å². The highest BCUT2D eigenvalue weighted by Gasteiger charge is 2.37. The van der Waals surface area contributed by atoms with E-state index in [4.69, 9.17) is 4.74 Å². The molecule has 0 aromatic carbocycles. The number of ether oxygens (including phenoxy) is 1. The topological polar surface area (TPSA) is 55.6 Å². The molecule has 2 aromatic rings. The first-order valence-corrected chi connectivity index (χ1v) is 10.0. The maximum atomic E-state index is 13.2. The predicted molar refractivity (Wildman–Crippen MR) is 98.3 cm³/mol. The van der Waals surface area contributed by atoms with E-state index in [2.05, 4.69) is 26.9 Å². The van der Waals surface area contributed by atoms with Crippen molar-refractivity contribution in [3.63, 3.8) is 0 Å². The summed E-state index contributed by atoms with van der Waals surface area (Å²) in [5.74, 6) is 0.147. The predicted octanol–water partition coefficient (Wildman–Crippen LogP) is 4.02. The van der Waals surface area contributed by atoms with E-state index in [0.29, 0.717) is 24.0 Å². The summed E-state index contributed by atoms with van der Waals surface area (Å²) >= 11 is 0. The molecule has 1 saturated carbocycles. The van der Waals surface area contributed by atoms with Crippen LogP contribution >= 0.6 is 0 Å². The monoisotopic (exact) mass is 397 g/mol. The second kappa shape index (κ2) is 7.50. The quantitative estimate of drug-likeness (QED) is 0.780. The molecule has 0 N–H and O–H groups in total. The zero-order chi connectivity index (χ0) is 19.9. The van der Waals surface area contributed by atoms with E-state index in [1.165, 1.54) is 4.52 Å². The van der Waals surface area contributed by atoms with Crippen LogP contribution in [-0.4, -0.2) is 44.9 Å². The fourth-order valence-corrected chi connectivity index (χ4v) is 4.28. The first kappa shape index (κ1) is 19.4. The van der Waals surface area contributed by atoms with Crippen molar-refractivity contribution in [2.45, 2.75) is 70.7 Å². The largest absolute Gasteiger partial charge is 0.453 e. The standard InChI is InChI=1S/C19H26F3N5O/c1-12-5-7-14(8-6-12)26(11-15-4-3-9-28-15)16-10-13(2)23-18-24-17(19(20,21)22)25-27(16)18/h10,12,14-15H,3-9,11H2,1-2H3/t12?,14?,15-/m0/s1. The molecule has 0 unspecified atom stereocenters. The Hall–Kier alpha value is -1.90. The van der Waals surface area contributed by atoms with Gasteiger partial charge in [0.1, 0.15) is 5.82 Å². The maximum absolute atomic E-state index is 13.2. The van der Waals surface area contributed by atoms with Crippen LogP contribution in [0.3, 0.4) is 0 Å². The third-order valence-electron chi connectivity index (χ3n) is 5.82. The average Bonchev–Trinajstić information content (AvgIpc) is 3.29. The fourth-order valence-electron chi connectivity index (χ4n) is 4.28. The first-order valence-electron chi connectivity index (χ1n) is 10.0. The SMILES string of the molecule is Cc1cc(N(C[C@@H]2CCCO2)C2CCC(C)CC2)n2nc(C(F)(F)F)nc2n1. The van der Waals surface area contributed by atoms with Crippen LogP contribution in [0.5, 0.6) is 0 Å². The van der Waals surface area contributed by atoms with Gasteiger partial charge in [0.05, 0.1) is 6.10 Å². The van der Waals surface area contributed by atoms with Gasteiger partial charge in [-0.2, -0.15) is 22.7 Å². The van der Waals surface area contributed by atoms with Gasteiger partial charge in [0.25, 0.3) is 11.6 Å². The van der Waals surface area contributed by atoms with Gasteiger partial charge in [0, 0.05) is 31.0 Å². The molecule has 1 atom stereocenters. The van der Waals surface area contributed by atoms with Crippen LogP contribution < -0.4 is 4.90 Å². The molecule has 2 aliphatic rings. The molecule has 3 heterocycles. The van der Waals surface area contributed by atoms with Gasteiger partial charge in [0.15, 0.2) is 0 Å². The van der Waals surface area contributed by atoms with Gasteiger partial charge in [-0.3, -0.25) is 0 Å². The van der Waals surface area contributed by atoms with Crippen molar-refractivity contribution in [1.29, 1.82) is 0 Å². The van der Waals surface area contributed by atoms with E-state index in [9.17, 15) is 13.2 Å². The molecule has 1 saturated heterocycles. The molecule has 1 aliphatic heterocycles. The number of fused-ring (bicyclic) bond motifs is 1. The summed E-state index contributed by atoms with van der Waals surface area (Å²) in [7, 11) is 0. The van der Waals surface area contributed by atoms with E-state index >= 15 is 0 Å². The molecular formula is C19H26F3N5O. The average molecular weight is 397 g/mol. The number of rotatable bonds is 4. The second-order valence-electron chi connectivity index (χ2n) is 8.10. The Kier molecular flexibility index (Phi) is 5.20. The Bertz CT molecular complexity index is 823. The molecule has 2 aromatic heterocycles. The molecule has 0 amide bonds. The first-order chi connectivity index (χ1) is 13.3. The van der Waals surface area contributed by atoms with Crippen LogP contribution in [0.25, 0.3) is 5.78 Å². The minimum atomic E-state index is -4.60. The van der Waals surface area contributed by atoms with Gasteiger partial charge >= 0.3 is 6.18 Å². The minimum Gasteiger partial charge on any atom is -0.376 e. The zero-order valence-electron chi connectivity index (χ0n) is 16.2. The van der Waals surface area contributed by atoms with Gasteiger partial charge in [0.2, 0.25) is 0 Å². The summed E-state index contributed by atoms with van der Waals surface area (Å²) in [5, 5.41) is 3.77.